The van der Waals surface area contributed by atoms with Crippen LogP contribution in [-0.2, 0) is 0 Å². The van der Waals surface area contributed by atoms with Crippen molar-refractivity contribution in [2.24, 2.45) is 5.10 Å². The Kier molecular flexibility index (Phi) is 4.56. The second-order valence-electron chi connectivity index (χ2n) is 4.39. The molecule has 108 valence electrons. The third kappa shape index (κ3) is 3.60. The number of amides is 1. The average molecular weight is 284 g/mol. The van der Waals surface area contributed by atoms with Crippen LogP contribution >= 0.6 is 0 Å². The molecule has 0 aliphatic heterocycles. The van der Waals surface area contributed by atoms with Crippen molar-refractivity contribution in [1.82, 2.24) is 5.43 Å². The minimum atomic E-state index is -0.303. The summed E-state index contributed by atoms with van der Waals surface area (Å²) in [5, 5.41) is 13.9. The predicted molar refractivity (Wildman–Crippen MR) is 80.8 cm³/mol. The highest BCUT2D eigenvalue weighted by Gasteiger charge is 2.08. The molecule has 0 fully saturated rings. The Hall–Kier alpha value is -2.82. The van der Waals surface area contributed by atoms with Crippen molar-refractivity contribution in [2.45, 2.75) is 6.92 Å². The van der Waals surface area contributed by atoms with E-state index in [0.29, 0.717) is 22.6 Å². The highest BCUT2D eigenvalue weighted by Crippen LogP contribution is 2.23. The quantitative estimate of drug-likeness (QED) is 0.669. The number of hydrogen-bond donors (Lipinski definition) is 2. The van der Waals surface area contributed by atoms with Gasteiger partial charge in [-0.2, -0.15) is 5.10 Å². The first kappa shape index (κ1) is 14.6. The standard InChI is InChI=1S/C16H16N2O3/c1-11(14-9-8-13(21-2)10-15(14)19)17-18-16(20)12-6-4-3-5-7-12/h3-10,19H,1-2H3,(H,18,20). The summed E-state index contributed by atoms with van der Waals surface area (Å²) in [6.07, 6.45) is 0. The lowest BCUT2D eigenvalue weighted by Gasteiger charge is -2.07. The highest BCUT2D eigenvalue weighted by molar-refractivity contribution is 6.02. The van der Waals surface area contributed by atoms with Crippen LogP contribution in [0.4, 0.5) is 0 Å². The maximum Gasteiger partial charge on any atom is 0.271 e. The van der Waals surface area contributed by atoms with Gasteiger partial charge in [-0.05, 0) is 31.2 Å². The minimum absolute atomic E-state index is 0.0459. The van der Waals surface area contributed by atoms with E-state index in [0.717, 1.165) is 0 Å². The number of hydrogen-bond acceptors (Lipinski definition) is 4. The molecule has 2 aromatic carbocycles. The van der Waals surface area contributed by atoms with Crippen molar-refractivity contribution in [2.75, 3.05) is 7.11 Å². The Labute approximate surface area is 122 Å². The van der Waals surface area contributed by atoms with Crippen LogP contribution in [0.5, 0.6) is 11.5 Å². The van der Waals surface area contributed by atoms with E-state index in [-0.39, 0.29) is 11.7 Å². The van der Waals surface area contributed by atoms with E-state index < -0.39 is 0 Å². The monoisotopic (exact) mass is 284 g/mol. The average Bonchev–Trinajstić information content (AvgIpc) is 2.52. The molecule has 0 atom stereocenters. The summed E-state index contributed by atoms with van der Waals surface area (Å²) in [5.41, 5.74) is 4.01. The van der Waals surface area contributed by atoms with Crippen LogP contribution in [0.3, 0.4) is 0 Å². The molecule has 0 radical (unpaired) electrons. The summed E-state index contributed by atoms with van der Waals surface area (Å²) < 4.78 is 5.02. The summed E-state index contributed by atoms with van der Waals surface area (Å²) in [4.78, 5) is 11.9. The maximum absolute atomic E-state index is 11.9. The van der Waals surface area contributed by atoms with Crippen molar-refractivity contribution in [3.05, 3.63) is 59.7 Å². The number of aromatic hydroxyl groups is 1. The molecule has 0 aromatic heterocycles. The lowest BCUT2D eigenvalue weighted by atomic mass is 10.1. The molecule has 0 aliphatic carbocycles. The molecular formula is C16H16N2O3. The number of nitrogens with one attached hydrogen (secondary N) is 1. The van der Waals surface area contributed by atoms with E-state index in [1.165, 1.54) is 13.2 Å². The fourth-order valence-electron chi connectivity index (χ4n) is 1.79. The van der Waals surface area contributed by atoms with Crippen LogP contribution in [0, 0.1) is 0 Å². The maximum atomic E-state index is 11.9. The zero-order valence-corrected chi connectivity index (χ0v) is 11.8. The van der Waals surface area contributed by atoms with Crippen LogP contribution < -0.4 is 10.2 Å². The predicted octanol–water partition coefficient (Wildman–Crippen LogP) is 2.55. The third-order valence-corrected chi connectivity index (χ3v) is 2.96. The number of phenols is 1. The van der Waals surface area contributed by atoms with Gasteiger partial charge in [0.1, 0.15) is 11.5 Å². The number of methoxy groups -OCH3 is 1. The molecule has 2 aromatic rings. The van der Waals surface area contributed by atoms with E-state index in [2.05, 4.69) is 10.5 Å². The largest absolute Gasteiger partial charge is 0.507 e. The molecule has 2 N–H and O–H groups in total. The van der Waals surface area contributed by atoms with E-state index in [1.54, 1.807) is 43.3 Å². The van der Waals surface area contributed by atoms with Crippen molar-refractivity contribution < 1.29 is 14.6 Å². The van der Waals surface area contributed by atoms with Crippen LogP contribution in [0.1, 0.15) is 22.8 Å². The van der Waals surface area contributed by atoms with Gasteiger partial charge in [0, 0.05) is 17.2 Å². The fraction of sp³-hybridized carbons (Fsp3) is 0.125. The SMILES string of the molecule is COc1ccc(C(C)=NNC(=O)c2ccccc2)c(O)c1. The van der Waals surface area contributed by atoms with Gasteiger partial charge in [-0.15, -0.1) is 0 Å². The zero-order valence-electron chi connectivity index (χ0n) is 11.8. The Bertz CT molecular complexity index is 666. The topological polar surface area (TPSA) is 70.9 Å². The number of benzene rings is 2. The third-order valence-electron chi connectivity index (χ3n) is 2.96. The lowest BCUT2D eigenvalue weighted by Crippen LogP contribution is -2.19. The first-order valence-electron chi connectivity index (χ1n) is 6.39. The number of hydrazone groups is 1. The van der Waals surface area contributed by atoms with Gasteiger partial charge in [0.2, 0.25) is 0 Å². The summed E-state index contributed by atoms with van der Waals surface area (Å²) >= 11 is 0. The second kappa shape index (κ2) is 6.56. The number of nitrogens with zero attached hydrogens (tertiary/aromatic N) is 1. The summed E-state index contributed by atoms with van der Waals surface area (Å²) in [7, 11) is 1.52. The molecular weight excluding hydrogens is 268 g/mol. The number of carbonyl (C=O) groups excluding carboxylic acids is 1. The van der Waals surface area contributed by atoms with Gasteiger partial charge in [-0.1, -0.05) is 18.2 Å². The first-order chi connectivity index (χ1) is 10.1. The molecule has 1 amide bonds. The normalized spacial score (nSPS) is 11.0. The van der Waals surface area contributed by atoms with Gasteiger partial charge in [0.05, 0.1) is 12.8 Å². The minimum Gasteiger partial charge on any atom is -0.507 e. The van der Waals surface area contributed by atoms with Crippen molar-refractivity contribution >= 4 is 11.6 Å². The van der Waals surface area contributed by atoms with Gasteiger partial charge in [0.15, 0.2) is 0 Å². The molecule has 5 heteroatoms. The van der Waals surface area contributed by atoms with E-state index >= 15 is 0 Å². The molecule has 0 aliphatic rings. The van der Waals surface area contributed by atoms with Crippen LogP contribution in [0.25, 0.3) is 0 Å². The lowest BCUT2D eigenvalue weighted by molar-refractivity contribution is 0.0955. The molecule has 5 nitrogen and oxygen atoms in total. The van der Waals surface area contributed by atoms with Crippen LogP contribution in [0.15, 0.2) is 53.6 Å². The molecule has 2 rings (SSSR count). The van der Waals surface area contributed by atoms with Gasteiger partial charge in [-0.3, -0.25) is 4.79 Å². The molecule has 21 heavy (non-hydrogen) atoms. The molecule has 0 saturated heterocycles. The molecule has 0 bridgehead atoms. The first-order valence-corrected chi connectivity index (χ1v) is 6.39. The van der Waals surface area contributed by atoms with Crippen molar-refractivity contribution in [3.8, 4) is 11.5 Å². The molecule has 0 heterocycles. The van der Waals surface area contributed by atoms with E-state index in [1.807, 2.05) is 6.07 Å². The Morgan fingerprint density at radius 2 is 1.90 bits per heavy atom. The summed E-state index contributed by atoms with van der Waals surface area (Å²) in [6, 6.07) is 13.7. The summed E-state index contributed by atoms with van der Waals surface area (Å²) in [5.74, 6) is 0.296. The highest BCUT2D eigenvalue weighted by atomic mass is 16.5. The van der Waals surface area contributed by atoms with Gasteiger partial charge < -0.3 is 9.84 Å². The Morgan fingerprint density at radius 3 is 2.52 bits per heavy atom. The van der Waals surface area contributed by atoms with Crippen LogP contribution in [-0.4, -0.2) is 23.8 Å². The van der Waals surface area contributed by atoms with E-state index in [4.69, 9.17) is 4.74 Å². The number of phenolic OH excluding ortho intramolecular Hbond substituents is 1. The van der Waals surface area contributed by atoms with Crippen molar-refractivity contribution in [1.29, 1.82) is 0 Å². The molecule has 0 saturated carbocycles. The molecule has 0 spiro atoms. The number of rotatable bonds is 4. The smallest absolute Gasteiger partial charge is 0.271 e. The Morgan fingerprint density at radius 1 is 1.19 bits per heavy atom. The Balaban J connectivity index is 2.13. The van der Waals surface area contributed by atoms with Gasteiger partial charge in [-0.25, -0.2) is 5.43 Å². The van der Waals surface area contributed by atoms with Gasteiger partial charge in [0.25, 0.3) is 5.91 Å². The number of carbonyl (C=O) groups is 1. The second-order valence-corrected chi connectivity index (χ2v) is 4.39. The fourth-order valence-corrected chi connectivity index (χ4v) is 1.79. The van der Waals surface area contributed by atoms with Crippen molar-refractivity contribution in [3.63, 3.8) is 0 Å². The van der Waals surface area contributed by atoms with E-state index in [9.17, 15) is 9.90 Å². The number of ether oxygens (including phenoxy) is 1. The zero-order chi connectivity index (χ0) is 15.2. The van der Waals surface area contributed by atoms with Crippen LogP contribution in [0.2, 0.25) is 0 Å². The summed E-state index contributed by atoms with van der Waals surface area (Å²) in [6.45, 7) is 1.70. The van der Waals surface area contributed by atoms with Gasteiger partial charge >= 0.3 is 0 Å². The molecule has 0 unspecified atom stereocenters.